The van der Waals surface area contributed by atoms with Crippen LogP contribution in [0.5, 0.6) is 0 Å². The van der Waals surface area contributed by atoms with Crippen molar-refractivity contribution >= 4 is 11.7 Å². The molecule has 3 heterocycles. The van der Waals surface area contributed by atoms with Crippen molar-refractivity contribution in [2.45, 2.75) is 13.0 Å². The Hall–Kier alpha value is -2.34. The Morgan fingerprint density at radius 2 is 2.25 bits per heavy atom. The van der Waals surface area contributed by atoms with Crippen LogP contribution in [0, 0.1) is 0 Å². The SMILES string of the molecule is CN1CCc2c(cncc2C(=O)Nc2ccncn2)C1. The first-order chi connectivity index (χ1) is 9.74. The molecule has 0 spiro atoms. The Morgan fingerprint density at radius 1 is 1.35 bits per heavy atom. The summed E-state index contributed by atoms with van der Waals surface area (Å²) in [5.74, 6) is 0.327. The van der Waals surface area contributed by atoms with Crippen LogP contribution < -0.4 is 5.32 Å². The highest BCUT2D eigenvalue weighted by atomic mass is 16.1. The quantitative estimate of drug-likeness (QED) is 0.884. The van der Waals surface area contributed by atoms with E-state index in [2.05, 4.69) is 32.2 Å². The van der Waals surface area contributed by atoms with Crippen LogP contribution >= 0.6 is 0 Å². The number of nitrogens with zero attached hydrogens (tertiary/aromatic N) is 4. The van der Waals surface area contributed by atoms with Crippen molar-refractivity contribution in [2.75, 3.05) is 18.9 Å². The molecule has 3 rings (SSSR count). The second kappa shape index (κ2) is 5.34. The van der Waals surface area contributed by atoms with Gasteiger partial charge >= 0.3 is 0 Å². The van der Waals surface area contributed by atoms with Gasteiger partial charge in [0.15, 0.2) is 0 Å². The molecule has 0 saturated carbocycles. The number of likely N-dealkylation sites (N-methyl/N-ethyl adjacent to an activating group) is 1. The molecule has 2 aromatic rings. The number of fused-ring (bicyclic) bond motifs is 1. The molecule has 0 fully saturated rings. The van der Waals surface area contributed by atoms with Gasteiger partial charge in [-0.3, -0.25) is 9.78 Å². The molecule has 102 valence electrons. The molecular formula is C14H15N5O. The number of aromatic nitrogens is 3. The lowest BCUT2D eigenvalue weighted by Crippen LogP contribution is -2.29. The number of nitrogens with one attached hydrogen (secondary N) is 1. The summed E-state index contributed by atoms with van der Waals surface area (Å²) in [6.07, 6.45) is 7.33. The lowest BCUT2D eigenvalue weighted by Gasteiger charge is -2.25. The fourth-order valence-corrected chi connectivity index (χ4v) is 2.38. The van der Waals surface area contributed by atoms with Gasteiger partial charge in [0.25, 0.3) is 5.91 Å². The fraction of sp³-hybridized carbons (Fsp3) is 0.286. The molecule has 1 aliphatic heterocycles. The van der Waals surface area contributed by atoms with E-state index in [1.807, 2.05) is 6.20 Å². The standard InChI is InChI=1S/C14H15N5O/c1-19-5-3-11-10(8-19)6-16-7-12(11)14(20)18-13-2-4-15-9-17-13/h2,4,6-7,9H,3,5,8H2,1H3,(H,15,17,18,20). The average molecular weight is 269 g/mol. The minimum Gasteiger partial charge on any atom is -0.306 e. The van der Waals surface area contributed by atoms with Crippen molar-refractivity contribution in [3.05, 3.63) is 47.7 Å². The van der Waals surface area contributed by atoms with E-state index in [0.717, 1.165) is 30.6 Å². The van der Waals surface area contributed by atoms with Gasteiger partial charge in [0.05, 0.1) is 5.56 Å². The maximum atomic E-state index is 12.3. The lowest BCUT2D eigenvalue weighted by atomic mass is 9.97. The highest BCUT2D eigenvalue weighted by Crippen LogP contribution is 2.21. The van der Waals surface area contributed by atoms with E-state index in [9.17, 15) is 4.79 Å². The zero-order valence-electron chi connectivity index (χ0n) is 11.2. The van der Waals surface area contributed by atoms with E-state index in [1.165, 1.54) is 6.33 Å². The molecule has 1 aliphatic rings. The largest absolute Gasteiger partial charge is 0.306 e. The first kappa shape index (κ1) is 12.7. The highest BCUT2D eigenvalue weighted by molar-refractivity contribution is 6.04. The van der Waals surface area contributed by atoms with E-state index in [-0.39, 0.29) is 5.91 Å². The predicted molar refractivity (Wildman–Crippen MR) is 74.3 cm³/mol. The molecule has 20 heavy (non-hydrogen) atoms. The van der Waals surface area contributed by atoms with Gasteiger partial charge in [0, 0.05) is 31.7 Å². The monoisotopic (exact) mass is 269 g/mol. The molecule has 0 saturated heterocycles. The molecule has 1 amide bonds. The smallest absolute Gasteiger partial charge is 0.258 e. The maximum absolute atomic E-state index is 12.3. The van der Waals surface area contributed by atoms with E-state index < -0.39 is 0 Å². The van der Waals surface area contributed by atoms with Gasteiger partial charge in [-0.25, -0.2) is 9.97 Å². The van der Waals surface area contributed by atoms with E-state index in [1.54, 1.807) is 18.5 Å². The number of rotatable bonds is 2. The Balaban J connectivity index is 1.87. The summed E-state index contributed by atoms with van der Waals surface area (Å²) < 4.78 is 0. The van der Waals surface area contributed by atoms with E-state index in [4.69, 9.17) is 0 Å². The number of anilines is 1. The molecule has 0 bridgehead atoms. The van der Waals surface area contributed by atoms with E-state index >= 15 is 0 Å². The normalized spacial score (nSPS) is 14.7. The van der Waals surface area contributed by atoms with Gasteiger partial charge in [-0.2, -0.15) is 0 Å². The summed E-state index contributed by atoms with van der Waals surface area (Å²) in [6, 6.07) is 1.66. The molecular weight excluding hydrogens is 254 g/mol. The van der Waals surface area contributed by atoms with Crippen LogP contribution in [0.1, 0.15) is 21.5 Å². The van der Waals surface area contributed by atoms with Crippen LogP contribution in [0.2, 0.25) is 0 Å². The van der Waals surface area contributed by atoms with Crippen LogP contribution in [0.4, 0.5) is 5.82 Å². The molecule has 0 aliphatic carbocycles. The number of pyridine rings is 1. The summed E-state index contributed by atoms with van der Waals surface area (Å²) in [5, 5.41) is 2.78. The molecule has 0 unspecified atom stereocenters. The van der Waals surface area contributed by atoms with Crippen molar-refractivity contribution in [1.82, 2.24) is 19.9 Å². The first-order valence-electron chi connectivity index (χ1n) is 6.45. The average Bonchev–Trinajstić information content (AvgIpc) is 2.47. The van der Waals surface area contributed by atoms with Crippen LogP contribution in [-0.4, -0.2) is 39.4 Å². The first-order valence-corrected chi connectivity index (χ1v) is 6.45. The van der Waals surface area contributed by atoms with Gasteiger partial charge in [-0.05, 0) is 30.7 Å². The van der Waals surface area contributed by atoms with Crippen molar-refractivity contribution in [3.63, 3.8) is 0 Å². The predicted octanol–water partition coefficient (Wildman–Crippen LogP) is 1.11. The molecule has 1 N–H and O–H groups in total. The zero-order chi connectivity index (χ0) is 13.9. The van der Waals surface area contributed by atoms with Crippen LogP contribution in [0.25, 0.3) is 0 Å². The minimum atomic E-state index is -0.169. The third-order valence-corrected chi connectivity index (χ3v) is 3.40. The number of hydrogen-bond donors (Lipinski definition) is 1. The van der Waals surface area contributed by atoms with Gasteiger partial charge in [0.2, 0.25) is 0 Å². The number of carbonyl (C=O) groups is 1. The Kier molecular flexibility index (Phi) is 3.39. The lowest BCUT2D eigenvalue weighted by molar-refractivity contribution is 0.102. The molecule has 6 heteroatoms. The van der Waals surface area contributed by atoms with Crippen LogP contribution in [0.3, 0.4) is 0 Å². The summed E-state index contributed by atoms with van der Waals surface area (Å²) in [4.78, 5) is 26.6. The summed E-state index contributed by atoms with van der Waals surface area (Å²) >= 11 is 0. The zero-order valence-corrected chi connectivity index (χ0v) is 11.2. The molecule has 0 aromatic carbocycles. The van der Waals surface area contributed by atoms with E-state index in [0.29, 0.717) is 11.4 Å². The van der Waals surface area contributed by atoms with Crippen molar-refractivity contribution in [1.29, 1.82) is 0 Å². The third-order valence-electron chi connectivity index (χ3n) is 3.40. The van der Waals surface area contributed by atoms with Crippen LogP contribution in [0.15, 0.2) is 31.0 Å². The third kappa shape index (κ3) is 2.50. The van der Waals surface area contributed by atoms with Gasteiger partial charge < -0.3 is 10.2 Å². The van der Waals surface area contributed by atoms with Crippen molar-refractivity contribution in [2.24, 2.45) is 0 Å². The molecule has 0 atom stereocenters. The highest BCUT2D eigenvalue weighted by Gasteiger charge is 2.20. The Morgan fingerprint density at radius 3 is 3.05 bits per heavy atom. The van der Waals surface area contributed by atoms with Crippen molar-refractivity contribution in [3.8, 4) is 0 Å². The topological polar surface area (TPSA) is 71.0 Å². The maximum Gasteiger partial charge on any atom is 0.258 e. The number of carbonyl (C=O) groups excluding carboxylic acids is 1. The number of amides is 1. The minimum absolute atomic E-state index is 0.169. The number of hydrogen-bond acceptors (Lipinski definition) is 5. The van der Waals surface area contributed by atoms with Crippen LogP contribution in [-0.2, 0) is 13.0 Å². The fourth-order valence-electron chi connectivity index (χ4n) is 2.38. The Labute approximate surface area is 116 Å². The molecule has 0 radical (unpaired) electrons. The second-order valence-electron chi connectivity index (χ2n) is 4.86. The summed E-state index contributed by atoms with van der Waals surface area (Å²) in [7, 11) is 2.07. The summed E-state index contributed by atoms with van der Waals surface area (Å²) in [5.41, 5.74) is 2.84. The second-order valence-corrected chi connectivity index (χ2v) is 4.86. The summed E-state index contributed by atoms with van der Waals surface area (Å²) in [6.45, 7) is 1.78. The molecule has 6 nitrogen and oxygen atoms in total. The van der Waals surface area contributed by atoms with Crippen molar-refractivity contribution < 1.29 is 4.79 Å². The van der Waals surface area contributed by atoms with Gasteiger partial charge in [-0.1, -0.05) is 0 Å². The molecule has 2 aromatic heterocycles. The van der Waals surface area contributed by atoms with Gasteiger partial charge in [0.1, 0.15) is 12.1 Å². The van der Waals surface area contributed by atoms with Gasteiger partial charge in [-0.15, -0.1) is 0 Å². The Bertz CT molecular complexity index is 629.